The summed E-state index contributed by atoms with van der Waals surface area (Å²) in [5, 5.41) is 13.5. The van der Waals surface area contributed by atoms with Crippen LogP contribution in [0.3, 0.4) is 0 Å². The summed E-state index contributed by atoms with van der Waals surface area (Å²) in [7, 11) is 1.55. The summed E-state index contributed by atoms with van der Waals surface area (Å²) < 4.78 is 18.7. The number of aliphatic hydroxyl groups is 1. The zero-order valence-corrected chi connectivity index (χ0v) is 11.4. The molecule has 1 fully saturated rings. The first-order valence-corrected chi connectivity index (χ1v) is 6.93. The second kappa shape index (κ2) is 6.24. The summed E-state index contributed by atoms with van der Waals surface area (Å²) in [5.41, 5.74) is -0.330. The second-order valence-electron chi connectivity index (χ2n) is 5.34. The van der Waals surface area contributed by atoms with Crippen LogP contribution in [0.5, 0.6) is 5.75 Å². The van der Waals surface area contributed by atoms with Gasteiger partial charge in [0.05, 0.1) is 18.4 Å². The van der Waals surface area contributed by atoms with E-state index in [1.165, 1.54) is 18.9 Å². The van der Waals surface area contributed by atoms with Crippen molar-refractivity contribution in [2.75, 3.05) is 19.0 Å². The molecule has 0 aromatic heterocycles. The number of methoxy groups -OCH3 is 1. The lowest BCUT2D eigenvalue weighted by atomic mass is 9.94. The Morgan fingerprint density at radius 3 is 2.58 bits per heavy atom. The minimum atomic E-state index is -0.716. The van der Waals surface area contributed by atoms with Crippen LogP contribution in [0.4, 0.5) is 10.1 Å². The van der Waals surface area contributed by atoms with Gasteiger partial charge in [-0.1, -0.05) is 25.7 Å². The van der Waals surface area contributed by atoms with Crippen molar-refractivity contribution in [3.8, 4) is 5.75 Å². The maximum Gasteiger partial charge on any atom is 0.146 e. The molecule has 0 saturated heterocycles. The number of halogens is 1. The highest BCUT2D eigenvalue weighted by Gasteiger charge is 2.27. The zero-order valence-electron chi connectivity index (χ0n) is 11.4. The van der Waals surface area contributed by atoms with Gasteiger partial charge in [0.25, 0.3) is 0 Å². The summed E-state index contributed by atoms with van der Waals surface area (Å²) >= 11 is 0. The third kappa shape index (κ3) is 3.83. The Morgan fingerprint density at radius 2 is 1.95 bits per heavy atom. The highest BCUT2D eigenvalue weighted by Crippen LogP contribution is 2.28. The Balaban J connectivity index is 2.00. The van der Waals surface area contributed by atoms with Crippen molar-refractivity contribution in [3.63, 3.8) is 0 Å². The minimum Gasteiger partial charge on any atom is -0.497 e. The normalized spacial score (nSPS) is 18.7. The molecule has 1 aliphatic carbocycles. The Morgan fingerprint density at radius 1 is 1.26 bits per heavy atom. The van der Waals surface area contributed by atoms with E-state index in [0.29, 0.717) is 18.0 Å². The van der Waals surface area contributed by atoms with Crippen LogP contribution in [-0.4, -0.2) is 24.4 Å². The predicted molar refractivity (Wildman–Crippen MR) is 74.1 cm³/mol. The number of ether oxygens (including phenoxy) is 1. The molecule has 0 bridgehead atoms. The first-order valence-electron chi connectivity index (χ1n) is 6.93. The summed E-state index contributed by atoms with van der Waals surface area (Å²) in [6.45, 7) is 0.386. The van der Waals surface area contributed by atoms with Gasteiger partial charge in [0.1, 0.15) is 11.6 Å². The number of hydrogen-bond donors (Lipinski definition) is 2. The third-order valence-corrected chi connectivity index (χ3v) is 3.82. The van der Waals surface area contributed by atoms with Gasteiger partial charge in [0, 0.05) is 12.6 Å². The van der Waals surface area contributed by atoms with Gasteiger partial charge in [-0.05, 0) is 25.0 Å². The van der Waals surface area contributed by atoms with Crippen molar-refractivity contribution in [1.82, 2.24) is 0 Å². The monoisotopic (exact) mass is 267 g/mol. The van der Waals surface area contributed by atoms with Crippen molar-refractivity contribution in [3.05, 3.63) is 24.0 Å². The first-order chi connectivity index (χ1) is 9.13. The van der Waals surface area contributed by atoms with E-state index in [1.807, 2.05) is 0 Å². The maximum absolute atomic E-state index is 13.7. The maximum atomic E-state index is 13.7. The first kappa shape index (κ1) is 14.1. The lowest BCUT2D eigenvalue weighted by molar-refractivity contribution is 0.0381. The van der Waals surface area contributed by atoms with Gasteiger partial charge in [-0.2, -0.15) is 0 Å². The van der Waals surface area contributed by atoms with Crippen LogP contribution >= 0.6 is 0 Å². The van der Waals surface area contributed by atoms with Crippen LogP contribution in [0.25, 0.3) is 0 Å². The topological polar surface area (TPSA) is 41.5 Å². The predicted octanol–water partition coefficient (Wildman–Crippen LogP) is 3.33. The van der Waals surface area contributed by atoms with Gasteiger partial charge in [0.15, 0.2) is 0 Å². The fourth-order valence-electron chi connectivity index (χ4n) is 2.59. The number of rotatable bonds is 4. The Labute approximate surface area is 113 Å². The van der Waals surface area contributed by atoms with E-state index in [0.717, 1.165) is 25.7 Å². The molecule has 0 aliphatic heterocycles. The smallest absolute Gasteiger partial charge is 0.146 e. The standard InChI is InChI=1S/C15H22FNO2/c1-19-12-6-7-13(16)14(10-12)17-11-15(18)8-4-2-3-5-9-15/h6-7,10,17-18H,2-5,8-9,11H2,1H3. The van der Waals surface area contributed by atoms with E-state index >= 15 is 0 Å². The summed E-state index contributed by atoms with van der Waals surface area (Å²) in [4.78, 5) is 0. The molecule has 1 aromatic carbocycles. The molecule has 106 valence electrons. The van der Waals surface area contributed by atoms with E-state index < -0.39 is 5.60 Å². The largest absolute Gasteiger partial charge is 0.497 e. The second-order valence-corrected chi connectivity index (χ2v) is 5.34. The minimum absolute atomic E-state index is 0.321. The molecule has 0 amide bonds. The highest BCUT2D eigenvalue weighted by molar-refractivity contribution is 5.49. The zero-order chi connectivity index (χ0) is 13.7. The molecule has 0 heterocycles. The van der Waals surface area contributed by atoms with E-state index in [1.54, 1.807) is 19.2 Å². The molecule has 1 aliphatic rings. The molecular formula is C15H22FNO2. The molecule has 19 heavy (non-hydrogen) atoms. The van der Waals surface area contributed by atoms with E-state index in [-0.39, 0.29) is 5.82 Å². The fourth-order valence-corrected chi connectivity index (χ4v) is 2.59. The Bertz CT molecular complexity index is 415. The van der Waals surface area contributed by atoms with Crippen molar-refractivity contribution >= 4 is 5.69 Å². The van der Waals surface area contributed by atoms with E-state index in [2.05, 4.69) is 5.32 Å². The molecule has 3 nitrogen and oxygen atoms in total. The van der Waals surface area contributed by atoms with Gasteiger partial charge in [-0.25, -0.2) is 4.39 Å². The molecule has 2 N–H and O–H groups in total. The number of hydrogen-bond acceptors (Lipinski definition) is 3. The van der Waals surface area contributed by atoms with Crippen LogP contribution in [0.2, 0.25) is 0 Å². The molecule has 2 rings (SSSR count). The van der Waals surface area contributed by atoms with Crippen molar-refractivity contribution in [2.24, 2.45) is 0 Å². The molecule has 4 heteroatoms. The van der Waals surface area contributed by atoms with Crippen molar-refractivity contribution in [1.29, 1.82) is 0 Å². The summed E-state index contributed by atoms with van der Waals surface area (Å²) in [6, 6.07) is 4.58. The lowest BCUT2D eigenvalue weighted by Gasteiger charge is -2.27. The average Bonchev–Trinajstić information content (AvgIpc) is 2.63. The highest BCUT2D eigenvalue weighted by atomic mass is 19.1. The lowest BCUT2D eigenvalue weighted by Crippen LogP contribution is -2.36. The quantitative estimate of drug-likeness (QED) is 0.822. The van der Waals surface area contributed by atoms with E-state index in [9.17, 15) is 9.50 Å². The summed E-state index contributed by atoms with van der Waals surface area (Å²) in [5.74, 6) is 0.287. The number of benzene rings is 1. The third-order valence-electron chi connectivity index (χ3n) is 3.82. The van der Waals surface area contributed by atoms with Crippen molar-refractivity contribution in [2.45, 2.75) is 44.1 Å². The fraction of sp³-hybridized carbons (Fsp3) is 0.600. The molecule has 0 atom stereocenters. The molecule has 0 radical (unpaired) electrons. The average molecular weight is 267 g/mol. The molecule has 1 saturated carbocycles. The van der Waals surface area contributed by atoms with Gasteiger partial charge in [-0.3, -0.25) is 0 Å². The Hall–Kier alpha value is -1.29. The number of anilines is 1. The van der Waals surface area contributed by atoms with Gasteiger partial charge in [-0.15, -0.1) is 0 Å². The molecule has 1 aromatic rings. The van der Waals surface area contributed by atoms with Gasteiger partial charge >= 0.3 is 0 Å². The van der Waals surface area contributed by atoms with Gasteiger partial charge < -0.3 is 15.2 Å². The van der Waals surface area contributed by atoms with E-state index in [4.69, 9.17) is 4.74 Å². The van der Waals surface area contributed by atoms with Crippen LogP contribution in [0.1, 0.15) is 38.5 Å². The Kier molecular flexibility index (Phi) is 4.64. The SMILES string of the molecule is COc1ccc(F)c(NCC2(O)CCCCCC2)c1. The van der Waals surface area contributed by atoms with Crippen LogP contribution in [-0.2, 0) is 0 Å². The molecular weight excluding hydrogens is 245 g/mol. The number of nitrogens with one attached hydrogen (secondary N) is 1. The van der Waals surface area contributed by atoms with Gasteiger partial charge in [0.2, 0.25) is 0 Å². The van der Waals surface area contributed by atoms with Crippen LogP contribution in [0.15, 0.2) is 18.2 Å². The summed E-state index contributed by atoms with van der Waals surface area (Å²) in [6.07, 6.45) is 6.00. The molecule has 0 spiro atoms. The van der Waals surface area contributed by atoms with Crippen molar-refractivity contribution < 1.29 is 14.2 Å². The molecule has 0 unspecified atom stereocenters. The van der Waals surface area contributed by atoms with Crippen LogP contribution in [0, 0.1) is 5.82 Å². The van der Waals surface area contributed by atoms with Crippen LogP contribution < -0.4 is 10.1 Å².